The maximum atomic E-state index is 11.8. The van der Waals surface area contributed by atoms with Crippen molar-refractivity contribution in [2.24, 2.45) is 0 Å². The monoisotopic (exact) mass is 270 g/mol. The number of pyridine rings is 1. The van der Waals surface area contributed by atoms with Gasteiger partial charge in [0.2, 0.25) is 0 Å². The molecule has 1 aromatic rings. The van der Waals surface area contributed by atoms with Crippen LogP contribution in [0.3, 0.4) is 0 Å². The number of aliphatic carboxylic acids is 1. The third kappa shape index (κ3) is 3.70. The van der Waals surface area contributed by atoms with Crippen LogP contribution < -0.4 is 5.32 Å². The Bertz CT molecular complexity index is 474. The molecular weight excluding hydrogens is 256 g/mol. The van der Waals surface area contributed by atoms with E-state index in [1.54, 1.807) is 6.07 Å². The van der Waals surface area contributed by atoms with Crippen molar-refractivity contribution in [3.8, 4) is 0 Å². The summed E-state index contributed by atoms with van der Waals surface area (Å²) in [5.74, 6) is -1.43. The molecule has 0 aliphatic heterocycles. The maximum absolute atomic E-state index is 11.8. The summed E-state index contributed by atoms with van der Waals surface area (Å²) in [7, 11) is 0. The molecule has 5 nitrogen and oxygen atoms in total. The molecule has 6 heteroatoms. The molecule has 0 aromatic carbocycles. The summed E-state index contributed by atoms with van der Waals surface area (Å²) in [6, 6.07) is 2.07. The van der Waals surface area contributed by atoms with Gasteiger partial charge in [0, 0.05) is 11.3 Å². The van der Waals surface area contributed by atoms with Gasteiger partial charge in [-0.1, -0.05) is 25.4 Å². The van der Waals surface area contributed by atoms with Crippen molar-refractivity contribution in [3.63, 3.8) is 0 Å². The van der Waals surface area contributed by atoms with E-state index >= 15 is 0 Å². The van der Waals surface area contributed by atoms with Gasteiger partial charge >= 0.3 is 5.97 Å². The Hall–Kier alpha value is -1.62. The van der Waals surface area contributed by atoms with Crippen LogP contribution in [-0.2, 0) is 4.79 Å². The zero-order valence-electron chi connectivity index (χ0n) is 10.4. The zero-order chi connectivity index (χ0) is 13.9. The minimum Gasteiger partial charge on any atom is -0.480 e. The molecular formula is C12H15ClN2O3. The van der Waals surface area contributed by atoms with Crippen LogP contribution in [0.15, 0.2) is 12.1 Å². The normalized spacial score (nSPS) is 12.3. The highest BCUT2D eigenvalue weighted by Gasteiger charge is 2.17. The number of rotatable bonds is 4. The van der Waals surface area contributed by atoms with Gasteiger partial charge in [0.25, 0.3) is 5.91 Å². The first kappa shape index (κ1) is 14.4. The first-order chi connectivity index (χ1) is 8.31. The number of hydrogen-bond acceptors (Lipinski definition) is 3. The van der Waals surface area contributed by atoms with Gasteiger partial charge in [0.05, 0.1) is 0 Å². The smallest absolute Gasteiger partial charge is 0.325 e. The average molecular weight is 271 g/mol. The summed E-state index contributed by atoms with van der Waals surface area (Å²) >= 11 is 5.83. The average Bonchev–Trinajstić information content (AvgIpc) is 2.27. The van der Waals surface area contributed by atoms with E-state index < -0.39 is 17.9 Å². The van der Waals surface area contributed by atoms with Crippen molar-refractivity contribution in [1.29, 1.82) is 0 Å². The second-order valence-corrected chi connectivity index (χ2v) is 4.68. The van der Waals surface area contributed by atoms with Crippen LogP contribution in [0.4, 0.5) is 0 Å². The summed E-state index contributed by atoms with van der Waals surface area (Å²) in [6.45, 7) is 5.26. The van der Waals surface area contributed by atoms with Crippen LogP contribution in [0, 0.1) is 0 Å². The van der Waals surface area contributed by atoms with Crippen LogP contribution in [0.5, 0.6) is 0 Å². The van der Waals surface area contributed by atoms with Crippen molar-refractivity contribution in [1.82, 2.24) is 10.3 Å². The summed E-state index contributed by atoms with van der Waals surface area (Å²) in [4.78, 5) is 26.6. The SMILES string of the molecule is CC(C)c1cc(C(=O)N[C@H](C)C(=O)O)cc(Cl)n1. The Balaban J connectivity index is 2.95. The van der Waals surface area contributed by atoms with Crippen molar-refractivity contribution in [3.05, 3.63) is 28.5 Å². The fourth-order valence-corrected chi connectivity index (χ4v) is 1.50. The fourth-order valence-electron chi connectivity index (χ4n) is 1.29. The first-order valence-electron chi connectivity index (χ1n) is 5.52. The second kappa shape index (κ2) is 5.82. The van der Waals surface area contributed by atoms with E-state index in [4.69, 9.17) is 16.7 Å². The van der Waals surface area contributed by atoms with Crippen molar-refractivity contribution in [2.75, 3.05) is 0 Å². The van der Waals surface area contributed by atoms with Crippen LogP contribution in [0.1, 0.15) is 42.7 Å². The van der Waals surface area contributed by atoms with Gasteiger partial charge in [-0.05, 0) is 25.0 Å². The molecule has 1 amide bonds. The van der Waals surface area contributed by atoms with E-state index in [9.17, 15) is 9.59 Å². The molecule has 98 valence electrons. The Kier molecular flexibility index (Phi) is 4.67. The predicted octanol–water partition coefficient (Wildman–Crippen LogP) is 2.06. The topological polar surface area (TPSA) is 79.3 Å². The highest BCUT2D eigenvalue weighted by Crippen LogP contribution is 2.17. The molecule has 2 N–H and O–H groups in total. The van der Waals surface area contributed by atoms with Crippen molar-refractivity contribution in [2.45, 2.75) is 32.7 Å². The van der Waals surface area contributed by atoms with Gasteiger partial charge in [0.15, 0.2) is 0 Å². The molecule has 1 aromatic heterocycles. The van der Waals surface area contributed by atoms with E-state index in [1.807, 2.05) is 13.8 Å². The fraction of sp³-hybridized carbons (Fsp3) is 0.417. The van der Waals surface area contributed by atoms with Gasteiger partial charge in [0.1, 0.15) is 11.2 Å². The van der Waals surface area contributed by atoms with Gasteiger partial charge in [-0.3, -0.25) is 9.59 Å². The van der Waals surface area contributed by atoms with Gasteiger partial charge in [-0.15, -0.1) is 0 Å². The van der Waals surface area contributed by atoms with Crippen molar-refractivity contribution < 1.29 is 14.7 Å². The lowest BCUT2D eigenvalue weighted by atomic mass is 10.1. The number of carbonyl (C=O) groups excluding carboxylic acids is 1. The minimum atomic E-state index is -1.09. The standard InChI is InChI=1S/C12H15ClN2O3/c1-6(2)9-4-8(5-10(13)15-9)11(16)14-7(3)12(17)18/h4-7H,1-3H3,(H,14,16)(H,17,18)/t7-/m1/s1. The highest BCUT2D eigenvalue weighted by atomic mass is 35.5. The van der Waals surface area contributed by atoms with E-state index in [1.165, 1.54) is 13.0 Å². The zero-order valence-corrected chi connectivity index (χ0v) is 11.2. The summed E-state index contributed by atoms with van der Waals surface area (Å²) < 4.78 is 0. The van der Waals surface area contributed by atoms with E-state index in [0.29, 0.717) is 11.3 Å². The van der Waals surface area contributed by atoms with Crippen molar-refractivity contribution >= 4 is 23.5 Å². The number of nitrogens with one attached hydrogen (secondary N) is 1. The molecule has 0 radical (unpaired) electrons. The van der Waals surface area contributed by atoms with E-state index in [2.05, 4.69) is 10.3 Å². The minimum absolute atomic E-state index is 0.132. The molecule has 0 saturated carbocycles. The molecule has 18 heavy (non-hydrogen) atoms. The van der Waals surface area contributed by atoms with E-state index in [-0.39, 0.29) is 11.1 Å². The molecule has 0 spiro atoms. The number of carboxylic acids is 1. The van der Waals surface area contributed by atoms with Gasteiger partial charge in [-0.2, -0.15) is 0 Å². The van der Waals surface area contributed by atoms with Crippen LogP contribution >= 0.6 is 11.6 Å². The number of hydrogen-bond donors (Lipinski definition) is 2. The summed E-state index contributed by atoms with van der Waals surface area (Å²) in [6.07, 6.45) is 0. The summed E-state index contributed by atoms with van der Waals surface area (Å²) in [5, 5.41) is 11.3. The lowest BCUT2D eigenvalue weighted by Crippen LogP contribution is -2.38. The van der Waals surface area contributed by atoms with Crippen LogP contribution in [0.25, 0.3) is 0 Å². The molecule has 1 atom stereocenters. The molecule has 0 bridgehead atoms. The lowest BCUT2D eigenvalue weighted by molar-refractivity contribution is -0.138. The van der Waals surface area contributed by atoms with Crippen LogP contribution in [0.2, 0.25) is 5.15 Å². The number of carbonyl (C=O) groups is 2. The summed E-state index contributed by atoms with van der Waals surface area (Å²) in [5.41, 5.74) is 1.00. The molecule has 0 saturated heterocycles. The largest absolute Gasteiger partial charge is 0.480 e. The molecule has 1 heterocycles. The number of nitrogens with zero attached hydrogens (tertiary/aromatic N) is 1. The number of amides is 1. The maximum Gasteiger partial charge on any atom is 0.325 e. The highest BCUT2D eigenvalue weighted by molar-refractivity contribution is 6.29. The van der Waals surface area contributed by atoms with E-state index in [0.717, 1.165) is 0 Å². The quantitative estimate of drug-likeness (QED) is 0.821. The second-order valence-electron chi connectivity index (χ2n) is 4.29. The Morgan fingerprint density at radius 2 is 1.94 bits per heavy atom. The van der Waals surface area contributed by atoms with Gasteiger partial charge in [-0.25, -0.2) is 4.98 Å². The van der Waals surface area contributed by atoms with Gasteiger partial charge < -0.3 is 10.4 Å². The number of aromatic nitrogens is 1. The molecule has 0 aliphatic rings. The number of carboxylic acid groups (broad SMARTS) is 1. The third-order valence-electron chi connectivity index (χ3n) is 2.39. The predicted molar refractivity (Wildman–Crippen MR) is 67.9 cm³/mol. The third-order valence-corrected chi connectivity index (χ3v) is 2.58. The molecule has 0 fully saturated rings. The lowest BCUT2D eigenvalue weighted by Gasteiger charge is -2.11. The molecule has 0 unspecified atom stereocenters. The Morgan fingerprint density at radius 1 is 1.33 bits per heavy atom. The van der Waals surface area contributed by atoms with Crippen LogP contribution in [-0.4, -0.2) is 28.0 Å². The molecule has 0 aliphatic carbocycles. The Morgan fingerprint density at radius 3 is 2.44 bits per heavy atom. The first-order valence-corrected chi connectivity index (χ1v) is 5.90. The number of halogens is 1. The molecule has 1 rings (SSSR count). The Labute approximate surface area is 110 Å².